The fourth-order valence-electron chi connectivity index (χ4n) is 2.13. The summed E-state index contributed by atoms with van der Waals surface area (Å²) >= 11 is 3.42. The Morgan fingerprint density at radius 2 is 1.92 bits per heavy atom. The van der Waals surface area contributed by atoms with Gasteiger partial charge < -0.3 is 10.2 Å². The average molecular weight is 425 g/mol. The van der Waals surface area contributed by atoms with Crippen molar-refractivity contribution in [1.82, 2.24) is 10.2 Å². The Hall–Kier alpha value is -2.46. The van der Waals surface area contributed by atoms with Crippen LogP contribution in [0.3, 0.4) is 0 Å². The first kappa shape index (κ1) is 19.9. The minimum absolute atomic E-state index is 0.0371. The lowest BCUT2D eigenvalue weighted by Gasteiger charge is -2.18. The number of urea groups is 1. The van der Waals surface area contributed by atoms with Crippen molar-refractivity contribution in [3.05, 3.63) is 69.7 Å². The maximum absolute atomic E-state index is 12.6. The van der Waals surface area contributed by atoms with Gasteiger partial charge in [-0.3, -0.25) is 0 Å². The molecule has 0 atom stereocenters. The van der Waals surface area contributed by atoms with E-state index in [1.165, 1.54) is 17.0 Å². The fourth-order valence-corrected chi connectivity index (χ4v) is 2.54. The molecule has 0 heterocycles. The number of benzene rings is 2. The summed E-state index contributed by atoms with van der Waals surface area (Å²) in [7, 11) is 1.65. The molecule has 0 aromatic heterocycles. The fraction of sp³-hybridized carbons (Fsp3) is 0.211. The van der Waals surface area contributed by atoms with Crippen molar-refractivity contribution >= 4 is 22.0 Å². The Balaban J connectivity index is 1.89. The minimum atomic E-state index is -4.40. The second kappa shape index (κ2) is 8.77. The van der Waals surface area contributed by atoms with Crippen molar-refractivity contribution < 1.29 is 18.0 Å². The number of hydrogen-bond donors (Lipinski definition) is 1. The number of carbonyl (C=O) groups excluding carboxylic acids is 1. The van der Waals surface area contributed by atoms with E-state index in [0.29, 0.717) is 6.54 Å². The van der Waals surface area contributed by atoms with Crippen LogP contribution in [0.4, 0.5) is 18.0 Å². The molecule has 0 fully saturated rings. The zero-order valence-electron chi connectivity index (χ0n) is 13.9. The quantitative estimate of drug-likeness (QED) is 0.713. The Kier molecular flexibility index (Phi) is 6.70. The summed E-state index contributed by atoms with van der Waals surface area (Å²) in [5.74, 6) is 5.28. The number of alkyl halides is 3. The molecule has 1 N–H and O–H groups in total. The summed E-state index contributed by atoms with van der Waals surface area (Å²) in [6.45, 7) is 0.448. The van der Waals surface area contributed by atoms with Crippen molar-refractivity contribution in [2.75, 3.05) is 13.6 Å². The maximum atomic E-state index is 12.6. The molecule has 2 aromatic rings. The molecule has 7 heteroatoms. The molecular weight excluding hydrogens is 409 g/mol. The number of amides is 2. The van der Waals surface area contributed by atoms with Crippen LogP contribution in [0.1, 0.15) is 16.7 Å². The first-order chi connectivity index (χ1) is 12.3. The van der Waals surface area contributed by atoms with Crippen molar-refractivity contribution in [3.8, 4) is 11.8 Å². The Morgan fingerprint density at radius 3 is 2.62 bits per heavy atom. The molecule has 2 amide bonds. The minimum Gasteiger partial charge on any atom is -0.327 e. The molecule has 0 spiro atoms. The standard InChI is InChI=1S/C19H16BrF3N2O/c1-25(13-15-8-2-3-10-17(15)20)18(26)24-11-5-7-14-6-4-9-16(12-14)19(21,22)23/h2-4,6,8-10,12H,11,13H2,1H3,(H,24,26). The van der Waals surface area contributed by atoms with Gasteiger partial charge in [0.15, 0.2) is 0 Å². The molecule has 0 radical (unpaired) electrons. The highest BCUT2D eigenvalue weighted by molar-refractivity contribution is 9.10. The second-order valence-electron chi connectivity index (χ2n) is 5.49. The first-order valence-corrected chi connectivity index (χ1v) is 8.45. The van der Waals surface area contributed by atoms with Gasteiger partial charge in [-0.15, -0.1) is 0 Å². The van der Waals surface area contributed by atoms with E-state index in [2.05, 4.69) is 33.1 Å². The van der Waals surface area contributed by atoms with Gasteiger partial charge in [0, 0.05) is 23.6 Å². The van der Waals surface area contributed by atoms with Crippen LogP contribution < -0.4 is 5.32 Å². The lowest BCUT2D eigenvalue weighted by atomic mass is 10.1. The topological polar surface area (TPSA) is 32.3 Å². The third-order valence-electron chi connectivity index (χ3n) is 3.46. The molecule has 26 heavy (non-hydrogen) atoms. The van der Waals surface area contributed by atoms with E-state index in [0.717, 1.165) is 22.2 Å². The van der Waals surface area contributed by atoms with Crippen LogP contribution in [0, 0.1) is 11.8 Å². The van der Waals surface area contributed by atoms with Crippen LogP contribution in [0.5, 0.6) is 0 Å². The van der Waals surface area contributed by atoms with Gasteiger partial charge in [-0.05, 0) is 29.8 Å². The van der Waals surface area contributed by atoms with Gasteiger partial charge in [0.25, 0.3) is 0 Å². The smallest absolute Gasteiger partial charge is 0.327 e. The molecule has 0 saturated carbocycles. The van der Waals surface area contributed by atoms with Crippen LogP contribution in [0.2, 0.25) is 0 Å². The molecule has 0 saturated heterocycles. The first-order valence-electron chi connectivity index (χ1n) is 7.66. The van der Waals surface area contributed by atoms with E-state index in [-0.39, 0.29) is 18.1 Å². The number of hydrogen-bond acceptors (Lipinski definition) is 1. The molecule has 0 aliphatic carbocycles. The maximum Gasteiger partial charge on any atom is 0.416 e. The van der Waals surface area contributed by atoms with Crippen LogP contribution >= 0.6 is 15.9 Å². The molecule has 136 valence electrons. The summed E-state index contributed by atoms with van der Waals surface area (Å²) in [5.41, 5.74) is 0.456. The molecule has 2 aromatic carbocycles. The van der Waals surface area contributed by atoms with E-state index >= 15 is 0 Å². The van der Waals surface area contributed by atoms with Crippen molar-refractivity contribution in [2.24, 2.45) is 0 Å². The second-order valence-corrected chi connectivity index (χ2v) is 6.34. The summed E-state index contributed by atoms with van der Waals surface area (Å²) in [5, 5.41) is 2.61. The van der Waals surface area contributed by atoms with Crippen molar-refractivity contribution in [1.29, 1.82) is 0 Å². The van der Waals surface area contributed by atoms with E-state index in [4.69, 9.17) is 0 Å². The number of nitrogens with one attached hydrogen (secondary N) is 1. The van der Waals surface area contributed by atoms with Gasteiger partial charge in [-0.2, -0.15) is 13.2 Å². The highest BCUT2D eigenvalue weighted by Gasteiger charge is 2.30. The zero-order chi connectivity index (χ0) is 19.2. The molecule has 2 rings (SSSR count). The Labute approximate surface area is 158 Å². The average Bonchev–Trinajstić information content (AvgIpc) is 2.60. The molecule has 3 nitrogen and oxygen atoms in total. The summed E-state index contributed by atoms with van der Waals surface area (Å²) in [4.78, 5) is 13.5. The van der Waals surface area contributed by atoms with Gasteiger partial charge in [-0.1, -0.05) is 52.0 Å². The Bertz CT molecular complexity index is 840. The third-order valence-corrected chi connectivity index (χ3v) is 4.24. The highest BCUT2D eigenvalue weighted by Crippen LogP contribution is 2.29. The predicted octanol–water partition coefficient (Wildman–Crippen LogP) is 4.66. The summed E-state index contributed by atoms with van der Waals surface area (Å²) in [6, 6.07) is 12.0. The van der Waals surface area contributed by atoms with Crippen molar-refractivity contribution in [3.63, 3.8) is 0 Å². The summed E-state index contributed by atoms with van der Waals surface area (Å²) in [6.07, 6.45) is -4.40. The van der Waals surface area contributed by atoms with E-state index in [9.17, 15) is 18.0 Å². The van der Waals surface area contributed by atoms with Gasteiger partial charge >= 0.3 is 12.2 Å². The molecular formula is C19H16BrF3N2O. The van der Waals surface area contributed by atoms with Crippen LogP contribution in [0.15, 0.2) is 53.0 Å². The third kappa shape index (κ3) is 5.81. The van der Waals surface area contributed by atoms with Crippen molar-refractivity contribution in [2.45, 2.75) is 12.7 Å². The lowest BCUT2D eigenvalue weighted by molar-refractivity contribution is -0.137. The number of carbonyl (C=O) groups is 1. The molecule has 0 bridgehead atoms. The van der Waals surface area contributed by atoms with Crippen LogP contribution in [0.25, 0.3) is 0 Å². The largest absolute Gasteiger partial charge is 0.416 e. The van der Waals surface area contributed by atoms with Gasteiger partial charge in [0.1, 0.15) is 0 Å². The van der Waals surface area contributed by atoms with Gasteiger partial charge in [0.2, 0.25) is 0 Å². The number of rotatable bonds is 3. The number of halogens is 4. The van der Waals surface area contributed by atoms with E-state index in [1.54, 1.807) is 7.05 Å². The van der Waals surface area contributed by atoms with Crippen LogP contribution in [-0.2, 0) is 12.7 Å². The van der Waals surface area contributed by atoms with Crippen LogP contribution in [-0.4, -0.2) is 24.5 Å². The lowest BCUT2D eigenvalue weighted by Crippen LogP contribution is -2.37. The zero-order valence-corrected chi connectivity index (χ0v) is 15.5. The molecule has 0 unspecified atom stereocenters. The monoisotopic (exact) mass is 424 g/mol. The van der Waals surface area contributed by atoms with E-state index in [1.807, 2.05) is 24.3 Å². The SMILES string of the molecule is CN(Cc1ccccc1Br)C(=O)NCC#Cc1cccc(C(F)(F)F)c1. The number of nitrogens with zero attached hydrogens (tertiary/aromatic N) is 1. The Morgan fingerprint density at radius 1 is 1.19 bits per heavy atom. The highest BCUT2D eigenvalue weighted by atomic mass is 79.9. The van der Waals surface area contributed by atoms with E-state index < -0.39 is 11.7 Å². The summed E-state index contributed by atoms with van der Waals surface area (Å²) < 4.78 is 38.8. The normalized spacial score (nSPS) is 10.7. The predicted molar refractivity (Wildman–Crippen MR) is 97.3 cm³/mol. The molecule has 0 aliphatic heterocycles. The van der Waals surface area contributed by atoms with Gasteiger partial charge in [0.05, 0.1) is 12.1 Å². The molecule has 0 aliphatic rings. The van der Waals surface area contributed by atoms with Gasteiger partial charge in [-0.25, -0.2) is 4.79 Å².